The van der Waals surface area contributed by atoms with Crippen molar-refractivity contribution in [2.45, 2.75) is 36.0 Å². The molecule has 8 heteroatoms. The van der Waals surface area contributed by atoms with Gasteiger partial charge in [0.15, 0.2) is 0 Å². The Bertz CT molecular complexity index is 4970. The number of anilines is 3. The molecule has 0 saturated heterocycles. The van der Waals surface area contributed by atoms with Crippen LogP contribution in [0.25, 0.3) is 77.2 Å². The predicted octanol–water partition coefficient (Wildman–Crippen LogP) is 16.0. The Morgan fingerprint density at radius 1 is 0.345 bits per heavy atom. The van der Waals surface area contributed by atoms with Crippen LogP contribution in [0.2, 0.25) is 0 Å². The van der Waals surface area contributed by atoms with Gasteiger partial charge in [-0.15, -0.1) is 0 Å². The van der Waals surface area contributed by atoms with Gasteiger partial charge in [0.2, 0.25) is 6.71 Å². The Hall–Kier alpha value is -9.88. The van der Waals surface area contributed by atoms with Crippen LogP contribution in [-0.4, -0.2) is 22.6 Å². The van der Waals surface area contributed by atoms with E-state index in [1.807, 2.05) is 11.8 Å². The smallest absolute Gasteiger partial charge is 0.260 e. The molecule has 0 aliphatic carbocycles. The number of fused-ring (bicyclic) bond motifs is 14. The van der Waals surface area contributed by atoms with E-state index >= 15 is 0 Å². The number of hydrogen-bond acceptors (Lipinski definition) is 4. The molecule has 2 aromatic heterocycles. The van der Waals surface area contributed by atoms with Crippen LogP contribution in [0.15, 0.2) is 265 Å². The van der Waals surface area contributed by atoms with Gasteiger partial charge in [0, 0.05) is 65.1 Å². The molecular weight excluding hydrogens is 1040 g/mol. The SMILES string of the molecule is CC(C)(C)c1ccc(N2c3cc(-n4c5ccccc5c5ccccc54)ccc3B3c4ccc(-n5c6ccccc6c6ccccc65)cc4Sc4cc(-c5cc6c7c(c5)Oc5ccccc5B7c5ccccc5O6)cc2c43)c(-c2ccccc2)c1. The number of benzene rings is 12. The number of aromatic nitrogens is 2. The molecular formula is C76H51B2N3O2S. The molecule has 5 nitrogen and oxygen atoms in total. The summed E-state index contributed by atoms with van der Waals surface area (Å²) in [6, 6.07) is 94.4. The second kappa shape index (κ2) is 17.8. The first-order chi connectivity index (χ1) is 41.3. The maximum Gasteiger partial charge on any atom is 0.260 e. The Labute approximate surface area is 492 Å². The Morgan fingerprint density at radius 2 is 0.845 bits per heavy atom. The van der Waals surface area contributed by atoms with Gasteiger partial charge in [0.05, 0.1) is 27.8 Å². The average molecular weight is 1090 g/mol. The van der Waals surface area contributed by atoms with Crippen molar-refractivity contribution >= 4 is 119 Å². The number of rotatable bonds is 5. The molecule has 18 rings (SSSR count). The molecule has 0 N–H and O–H groups in total. The van der Waals surface area contributed by atoms with E-state index in [2.05, 4.69) is 290 Å². The predicted molar refractivity (Wildman–Crippen MR) is 352 cm³/mol. The standard InChI is InChI=1S/C76H51B2N3O2S/c1-76(2,3)49-33-38-65(56(43-49)46-19-5-4-6-20-46)81-66-44-50(79-61-27-13-7-21-52(61)53-22-8-14-28-62(53)79)34-36-57(66)77-60-37-35-51(80-63-29-15-9-23-54(63)55-24-10-16-30-64(55)80)45-72(60)84-73-42-47(39-67(81)74(73)77)48-40-70-75-71(41-48)83-69-32-18-12-26-59(69)78(75)58-25-11-17-31-68(58)82-70/h4-45H,1-3H3. The highest BCUT2D eigenvalue weighted by atomic mass is 32.2. The molecule has 0 spiro atoms. The minimum absolute atomic E-state index is 0.0246. The molecule has 0 bridgehead atoms. The van der Waals surface area contributed by atoms with E-state index in [0.29, 0.717) is 0 Å². The summed E-state index contributed by atoms with van der Waals surface area (Å²) in [4.78, 5) is 5.07. The third-order valence-corrected chi connectivity index (χ3v) is 19.4. The molecule has 394 valence electrons. The van der Waals surface area contributed by atoms with Crippen molar-refractivity contribution in [2.75, 3.05) is 4.90 Å². The van der Waals surface area contributed by atoms with E-state index in [0.717, 1.165) is 79.0 Å². The maximum absolute atomic E-state index is 7.00. The van der Waals surface area contributed by atoms with Gasteiger partial charge in [-0.05, 0) is 147 Å². The van der Waals surface area contributed by atoms with E-state index in [1.54, 1.807) is 0 Å². The third-order valence-electron chi connectivity index (χ3n) is 18.2. The summed E-state index contributed by atoms with van der Waals surface area (Å²) in [5, 5.41) is 4.97. The second-order valence-electron chi connectivity index (χ2n) is 23.9. The summed E-state index contributed by atoms with van der Waals surface area (Å²) in [5.74, 6) is 3.39. The lowest BCUT2D eigenvalue weighted by atomic mass is 9.34. The normalized spacial score (nSPS) is 13.5. The summed E-state index contributed by atoms with van der Waals surface area (Å²) < 4.78 is 18.9. The summed E-state index contributed by atoms with van der Waals surface area (Å²) in [6.07, 6.45) is 0. The summed E-state index contributed by atoms with van der Waals surface area (Å²) >= 11 is 1.89. The molecule has 14 aromatic rings. The molecule has 4 aliphatic heterocycles. The largest absolute Gasteiger partial charge is 0.458 e. The van der Waals surface area contributed by atoms with Gasteiger partial charge in [0.1, 0.15) is 23.0 Å². The van der Waals surface area contributed by atoms with Gasteiger partial charge in [-0.1, -0.05) is 196 Å². The van der Waals surface area contributed by atoms with E-state index in [-0.39, 0.29) is 18.8 Å². The number of nitrogens with zero attached hydrogens (tertiary/aromatic N) is 3. The first kappa shape index (κ1) is 47.7. The van der Waals surface area contributed by atoms with Crippen LogP contribution in [0.3, 0.4) is 0 Å². The quantitative estimate of drug-likeness (QED) is 0.161. The zero-order chi connectivity index (χ0) is 55.5. The molecule has 0 fully saturated rings. The highest BCUT2D eigenvalue weighted by Gasteiger charge is 2.44. The van der Waals surface area contributed by atoms with Crippen LogP contribution < -0.4 is 47.2 Å². The van der Waals surface area contributed by atoms with Crippen molar-refractivity contribution in [1.29, 1.82) is 0 Å². The fourth-order valence-corrected chi connectivity index (χ4v) is 15.7. The molecule has 0 saturated carbocycles. The molecule has 0 amide bonds. The average Bonchev–Trinajstić information content (AvgIpc) is 0.991. The lowest BCUT2D eigenvalue weighted by Gasteiger charge is -2.42. The van der Waals surface area contributed by atoms with Crippen LogP contribution in [0.4, 0.5) is 17.1 Å². The molecule has 0 radical (unpaired) electrons. The van der Waals surface area contributed by atoms with Crippen molar-refractivity contribution < 1.29 is 9.47 Å². The Balaban J connectivity index is 0.926. The van der Waals surface area contributed by atoms with E-state index < -0.39 is 0 Å². The molecule has 0 unspecified atom stereocenters. The minimum Gasteiger partial charge on any atom is -0.458 e. The summed E-state index contributed by atoms with van der Waals surface area (Å²) in [6.45, 7) is 6.83. The van der Waals surface area contributed by atoms with Gasteiger partial charge in [-0.3, -0.25) is 0 Å². The van der Waals surface area contributed by atoms with E-state index in [1.165, 1.54) is 86.5 Å². The molecule has 4 aliphatic rings. The first-order valence-electron chi connectivity index (χ1n) is 29.1. The van der Waals surface area contributed by atoms with Gasteiger partial charge in [0.25, 0.3) is 6.71 Å². The van der Waals surface area contributed by atoms with Crippen LogP contribution >= 0.6 is 11.8 Å². The number of ether oxygens (including phenoxy) is 2. The fourth-order valence-electron chi connectivity index (χ4n) is 14.4. The van der Waals surface area contributed by atoms with Gasteiger partial charge in [-0.2, -0.15) is 0 Å². The zero-order valence-corrected chi connectivity index (χ0v) is 47.3. The highest BCUT2D eigenvalue weighted by molar-refractivity contribution is 8.00. The van der Waals surface area contributed by atoms with E-state index in [4.69, 9.17) is 9.47 Å². The van der Waals surface area contributed by atoms with Gasteiger partial charge in [-0.25, -0.2) is 0 Å². The number of hydrogen-bond donors (Lipinski definition) is 0. The van der Waals surface area contributed by atoms with Crippen LogP contribution in [0, 0.1) is 0 Å². The second-order valence-corrected chi connectivity index (χ2v) is 25.0. The van der Waals surface area contributed by atoms with Crippen molar-refractivity contribution in [2.24, 2.45) is 0 Å². The van der Waals surface area contributed by atoms with Crippen molar-refractivity contribution in [3.05, 3.63) is 260 Å². The van der Waals surface area contributed by atoms with Gasteiger partial charge >= 0.3 is 0 Å². The van der Waals surface area contributed by atoms with Crippen molar-refractivity contribution in [3.8, 4) is 56.6 Å². The lowest BCUT2D eigenvalue weighted by Crippen LogP contribution is -2.59. The van der Waals surface area contributed by atoms with Crippen molar-refractivity contribution in [3.63, 3.8) is 0 Å². The topological polar surface area (TPSA) is 31.6 Å². The first-order valence-corrected chi connectivity index (χ1v) is 29.9. The molecule has 6 heterocycles. The summed E-state index contributed by atoms with van der Waals surface area (Å²) in [7, 11) is 0. The summed E-state index contributed by atoms with van der Waals surface area (Å²) in [5.41, 5.74) is 23.3. The van der Waals surface area contributed by atoms with E-state index in [9.17, 15) is 0 Å². The lowest BCUT2D eigenvalue weighted by molar-refractivity contribution is 0.465. The highest BCUT2D eigenvalue weighted by Crippen LogP contribution is 2.50. The minimum atomic E-state index is -0.0925. The maximum atomic E-state index is 7.00. The van der Waals surface area contributed by atoms with Crippen LogP contribution in [-0.2, 0) is 5.41 Å². The molecule has 12 aromatic carbocycles. The Morgan fingerprint density at radius 3 is 1.43 bits per heavy atom. The zero-order valence-electron chi connectivity index (χ0n) is 46.5. The molecule has 84 heavy (non-hydrogen) atoms. The van der Waals surface area contributed by atoms with Crippen LogP contribution in [0.1, 0.15) is 26.3 Å². The number of para-hydroxylation sites is 6. The van der Waals surface area contributed by atoms with Crippen LogP contribution in [0.5, 0.6) is 23.0 Å². The molecule has 0 atom stereocenters. The third kappa shape index (κ3) is 6.95. The fraction of sp³-hybridized carbons (Fsp3) is 0.0526. The van der Waals surface area contributed by atoms with Gasteiger partial charge < -0.3 is 23.5 Å². The van der Waals surface area contributed by atoms with Crippen molar-refractivity contribution in [1.82, 2.24) is 9.13 Å². The monoisotopic (exact) mass is 1090 g/mol. The Kier molecular flexibility index (Phi) is 10.1.